The predicted molar refractivity (Wildman–Crippen MR) is 69.1 cm³/mol. The third kappa shape index (κ3) is 11.1. The molecule has 2 heteroatoms. The lowest BCUT2D eigenvalue weighted by molar-refractivity contribution is 0.586. The largest absolute Gasteiger partial charge is 0.0894 e. The number of rotatable bonds is 9. The molecule has 0 nitrogen and oxygen atoms in total. The van der Waals surface area contributed by atoms with Gasteiger partial charge in [0.15, 0.2) is 0 Å². The highest BCUT2D eigenvalue weighted by Gasteiger charge is 1.90. The van der Waals surface area contributed by atoms with Crippen molar-refractivity contribution in [2.24, 2.45) is 0 Å². The quantitative estimate of drug-likeness (QED) is 0.416. The van der Waals surface area contributed by atoms with Crippen LogP contribution in [0, 0.1) is 0 Å². The Bertz CT molecular complexity index is 66.2. The minimum atomic E-state index is 1.34. The second-order valence-corrected chi connectivity index (χ2v) is 5.78. The Morgan fingerprint density at radius 3 is 1.83 bits per heavy atom. The third-order valence-electron chi connectivity index (χ3n) is 2.08. The van der Waals surface area contributed by atoms with Crippen molar-refractivity contribution in [2.75, 3.05) is 5.75 Å². The predicted octanol–water partition coefficient (Wildman–Crippen LogP) is 5.21. The molecule has 0 saturated carbocycles. The van der Waals surface area contributed by atoms with Gasteiger partial charge in [-0.15, -0.1) is 0 Å². The van der Waals surface area contributed by atoms with E-state index in [9.17, 15) is 0 Å². The summed E-state index contributed by atoms with van der Waals surface area (Å²) in [6.45, 7) is 2.28. The Kier molecular flexibility index (Phi) is 13.2. The normalized spacial score (nSPS) is 10.5. The first-order chi connectivity index (χ1) is 5.91. The van der Waals surface area contributed by atoms with E-state index in [4.69, 9.17) is 0 Å². The van der Waals surface area contributed by atoms with E-state index in [1.807, 2.05) is 8.93 Å². The summed E-state index contributed by atoms with van der Waals surface area (Å²) < 4.78 is 0. The van der Waals surface area contributed by atoms with Crippen LogP contribution in [0.25, 0.3) is 0 Å². The number of hydrogen-bond acceptors (Lipinski definition) is 1. The van der Waals surface area contributed by atoms with E-state index in [0.717, 1.165) is 0 Å². The summed E-state index contributed by atoms with van der Waals surface area (Å²) in [7, 11) is 1.94. The minimum Gasteiger partial charge on any atom is -0.0894 e. The molecule has 0 atom stereocenters. The van der Waals surface area contributed by atoms with Crippen LogP contribution in [0.4, 0.5) is 0 Å². The number of halogens is 1. The molecule has 74 valence electrons. The maximum absolute atomic E-state index is 2.38. The molecule has 0 aliphatic heterocycles. The smallest absolute Gasteiger partial charge is 0.00334 e. The summed E-state index contributed by atoms with van der Waals surface area (Å²) in [5, 5.41) is 0. The molecule has 0 aromatic carbocycles. The Labute approximate surface area is 93.9 Å². The van der Waals surface area contributed by atoms with Crippen LogP contribution in [0.15, 0.2) is 0 Å². The van der Waals surface area contributed by atoms with E-state index in [1.54, 1.807) is 0 Å². The molecular formula is C10H21IS. The van der Waals surface area contributed by atoms with E-state index in [2.05, 4.69) is 28.1 Å². The molecule has 0 spiro atoms. The molecule has 0 N–H and O–H groups in total. The molecule has 12 heavy (non-hydrogen) atoms. The molecule has 0 radical (unpaired) electrons. The fraction of sp³-hybridized carbons (Fsp3) is 1.00. The molecule has 0 rings (SSSR count). The molecule has 0 bridgehead atoms. The highest BCUT2D eigenvalue weighted by atomic mass is 127. The fourth-order valence-electron chi connectivity index (χ4n) is 1.29. The molecule has 0 unspecified atom stereocenters. The van der Waals surface area contributed by atoms with Crippen LogP contribution in [0.1, 0.15) is 58.3 Å². The van der Waals surface area contributed by atoms with Gasteiger partial charge in [-0.3, -0.25) is 0 Å². The Morgan fingerprint density at radius 1 is 0.833 bits per heavy atom. The molecule has 0 amide bonds. The summed E-state index contributed by atoms with van der Waals surface area (Å²) in [6, 6.07) is 0. The van der Waals surface area contributed by atoms with Crippen LogP contribution in [0.2, 0.25) is 0 Å². The van der Waals surface area contributed by atoms with E-state index in [1.165, 1.54) is 57.1 Å². The second-order valence-electron chi connectivity index (χ2n) is 3.29. The average Bonchev–Trinajstić information content (AvgIpc) is 2.10. The minimum absolute atomic E-state index is 1.34. The van der Waals surface area contributed by atoms with Gasteiger partial charge in [-0.2, -0.15) is 0 Å². The van der Waals surface area contributed by atoms with Crippen molar-refractivity contribution < 1.29 is 0 Å². The van der Waals surface area contributed by atoms with Crippen LogP contribution in [0.5, 0.6) is 0 Å². The van der Waals surface area contributed by atoms with Crippen LogP contribution in [-0.4, -0.2) is 5.75 Å². The van der Waals surface area contributed by atoms with Crippen LogP contribution in [0.3, 0.4) is 0 Å². The third-order valence-corrected chi connectivity index (χ3v) is 3.84. The van der Waals surface area contributed by atoms with Gasteiger partial charge in [0.1, 0.15) is 0 Å². The highest BCUT2D eigenvalue weighted by Crippen LogP contribution is 2.15. The van der Waals surface area contributed by atoms with Gasteiger partial charge in [-0.25, -0.2) is 0 Å². The molecule has 0 saturated heterocycles. The topological polar surface area (TPSA) is 0 Å². The SMILES string of the molecule is CCCCCCCCCCSI. The van der Waals surface area contributed by atoms with Gasteiger partial charge in [0, 0.05) is 5.75 Å². The summed E-state index contributed by atoms with van der Waals surface area (Å²) in [5.41, 5.74) is 0. The van der Waals surface area contributed by atoms with Gasteiger partial charge in [-0.05, 0) is 27.6 Å². The molecule has 0 fully saturated rings. The van der Waals surface area contributed by atoms with Crippen LogP contribution in [-0.2, 0) is 0 Å². The first kappa shape index (κ1) is 13.1. The van der Waals surface area contributed by atoms with Crippen LogP contribution < -0.4 is 0 Å². The van der Waals surface area contributed by atoms with Gasteiger partial charge in [0.25, 0.3) is 0 Å². The van der Waals surface area contributed by atoms with Crippen molar-refractivity contribution in [2.45, 2.75) is 58.3 Å². The number of hydrogen-bond donors (Lipinski definition) is 0. The van der Waals surface area contributed by atoms with E-state index in [0.29, 0.717) is 0 Å². The van der Waals surface area contributed by atoms with Gasteiger partial charge in [-0.1, -0.05) is 60.8 Å². The van der Waals surface area contributed by atoms with Crippen molar-refractivity contribution in [3.63, 3.8) is 0 Å². The molecular weight excluding hydrogens is 279 g/mol. The first-order valence-corrected chi connectivity index (χ1v) is 8.68. The van der Waals surface area contributed by atoms with Gasteiger partial charge < -0.3 is 0 Å². The van der Waals surface area contributed by atoms with E-state index < -0.39 is 0 Å². The van der Waals surface area contributed by atoms with Crippen molar-refractivity contribution in [1.82, 2.24) is 0 Å². The molecule has 0 aliphatic carbocycles. The monoisotopic (exact) mass is 300 g/mol. The van der Waals surface area contributed by atoms with Crippen LogP contribution >= 0.6 is 30.1 Å². The zero-order valence-corrected chi connectivity index (χ0v) is 11.1. The zero-order chi connectivity index (χ0) is 9.07. The van der Waals surface area contributed by atoms with Gasteiger partial charge in [0.2, 0.25) is 0 Å². The second kappa shape index (κ2) is 12.1. The summed E-state index contributed by atoms with van der Waals surface area (Å²) >= 11 is 2.38. The maximum atomic E-state index is 2.38. The Hall–Kier alpha value is 1.08. The summed E-state index contributed by atoms with van der Waals surface area (Å²) in [4.78, 5) is 0. The molecule has 0 aliphatic rings. The lowest BCUT2D eigenvalue weighted by Gasteiger charge is -1.99. The molecule has 0 aromatic rings. The Balaban J connectivity index is 2.73. The molecule has 0 aromatic heterocycles. The van der Waals surface area contributed by atoms with Crippen molar-refractivity contribution in [3.8, 4) is 0 Å². The van der Waals surface area contributed by atoms with E-state index >= 15 is 0 Å². The fourth-order valence-corrected chi connectivity index (χ4v) is 2.54. The highest BCUT2D eigenvalue weighted by molar-refractivity contribution is 14.2. The van der Waals surface area contributed by atoms with E-state index in [-0.39, 0.29) is 0 Å². The maximum Gasteiger partial charge on any atom is 0.00334 e. The lowest BCUT2D eigenvalue weighted by Crippen LogP contribution is -1.81. The van der Waals surface area contributed by atoms with Crippen molar-refractivity contribution in [1.29, 1.82) is 0 Å². The van der Waals surface area contributed by atoms with Crippen molar-refractivity contribution in [3.05, 3.63) is 0 Å². The Morgan fingerprint density at radius 2 is 1.33 bits per heavy atom. The number of unbranched alkanes of at least 4 members (excludes halogenated alkanes) is 7. The van der Waals surface area contributed by atoms with Crippen molar-refractivity contribution >= 4 is 30.1 Å². The lowest BCUT2D eigenvalue weighted by atomic mass is 10.1. The summed E-state index contributed by atoms with van der Waals surface area (Å²) in [6.07, 6.45) is 11.5. The van der Waals surface area contributed by atoms with Gasteiger partial charge in [0.05, 0.1) is 0 Å². The summed E-state index contributed by atoms with van der Waals surface area (Å²) in [5.74, 6) is 1.34. The average molecular weight is 300 g/mol. The first-order valence-electron chi connectivity index (χ1n) is 5.15. The molecule has 0 heterocycles. The zero-order valence-electron chi connectivity index (χ0n) is 8.15. The standard InChI is InChI=1S/C10H21IS/c1-2-3-4-5-6-7-8-9-10-12-11/h2-10H2,1H3. The van der Waals surface area contributed by atoms with Gasteiger partial charge >= 0.3 is 0 Å².